The predicted molar refractivity (Wildman–Crippen MR) is 82.2 cm³/mol. The Morgan fingerprint density at radius 1 is 1.37 bits per heavy atom. The molecule has 1 aromatic carbocycles. The zero-order valence-corrected chi connectivity index (χ0v) is 12.2. The molecule has 0 amide bonds. The van der Waals surface area contributed by atoms with Gasteiger partial charge in [-0.3, -0.25) is 4.68 Å². The Hall–Kier alpha value is -1.88. The lowest BCUT2D eigenvalue weighted by Gasteiger charge is -2.10. The van der Waals surface area contributed by atoms with Crippen molar-refractivity contribution in [1.82, 2.24) is 15.1 Å². The maximum atomic E-state index is 5.28. The topological polar surface area (TPSA) is 41.9 Å². The van der Waals surface area contributed by atoms with Gasteiger partial charge in [0.15, 0.2) is 5.11 Å². The standard InChI is InChI=1S/C14H18N4S/c1-10-5-4-6-13(7-10)17-14(19)15-8-12-9-16-18(3)11(12)2/h4-7,9H,8H2,1-3H3,(H2,15,17,19). The fourth-order valence-electron chi connectivity index (χ4n) is 1.79. The van der Waals surface area contributed by atoms with Gasteiger partial charge in [0.2, 0.25) is 0 Å². The van der Waals surface area contributed by atoms with Crippen molar-refractivity contribution >= 4 is 23.0 Å². The van der Waals surface area contributed by atoms with Crippen LogP contribution in [0, 0.1) is 13.8 Å². The van der Waals surface area contributed by atoms with Crippen LogP contribution >= 0.6 is 12.2 Å². The lowest BCUT2D eigenvalue weighted by molar-refractivity contribution is 0.736. The molecule has 4 nitrogen and oxygen atoms in total. The first-order chi connectivity index (χ1) is 9.06. The van der Waals surface area contributed by atoms with E-state index >= 15 is 0 Å². The van der Waals surface area contributed by atoms with Crippen LogP contribution in [-0.2, 0) is 13.6 Å². The molecule has 2 rings (SSSR count). The summed E-state index contributed by atoms with van der Waals surface area (Å²) in [4.78, 5) is 0. The molecule has 0 aliphatic carbocycles. The van der Waals surface area contributed by atoms with Gasteiger partial charge in [0.1, 0.15) is 0 Å². The van der Waals surface area contributed by atoms with Gasteiger partial charge in [0, 0.05) is 30.5 Å². The van der Waals surface area contributed by atoms with Crippen molar-refractivity contribution in [2.75, 3.05) is 5.32 Å². The summed E-state index contributed by atoms with van der Waals surface area (Å²) in [5, 5.41) is 11.2. The second-order valence-electron chi connectivity index (χ2n) is 4.56. The molecule has 2 aromatic rings. The van der Waals surface area contributed by atoms with Crippen LogP contribution in [0.5, 0.6) is 0 Å². The van der Waals surface area contributed by atoms with Gasteiger partial charge in [0.25, 0.3) is 0 Å². The van der Waals surface area contributed by atoms with E-state index in [0.29, 0.717) is 11.7 Å². The Bertz CT molecular complexity index is 589. The predicted octanol–water partition coefficient (Wildman–Crippen LogP) is 2.52. The van der Waals surface area contributed by atoms with Crippen molar-refractivity contribution in [3.8, 4) is 0 Å². The normalized spacial score (nSPS) is 10.3. The minimum Gasteiger partial charge on any atom is -0.358 e. The molecule has 0 saturated heterocycles. The van der Waals surface area contributed by atoms with E-state index in [1.54, 1.807) is 0 Å². The highest BCUT2D eigenvalue weighted by Crippen LogP contribution is 2.09. The SMILES string of the molecule is Cc1cccc(NC(=S)NCc2cnn(C)c2C)c1. The van der Waals surface area contributed by atoms with E-state index in [1.165, 1.54) is 5.56 Å². The number of benzene rings is 1. The number of aromatic nitrogens is 2. The van der Waals surface area contributed by atoms with E-state index < -0.39 is 0 Å². The van der Waals surface area contributed by atoms with Crippen LogP contribution in [-0.4, -0.2) is 14.9 Å². The summed E-state index contributed by atoms with van der Waals surface area (Å²) in [7, 11) is 1.93. The molecular formula is C14H18N4S. The molecule has 0 bridgehead atoms. The zero-order valence-electron chi connectivity index (χ0n) is 11.4. The van der Waals surface area contributed by atoms with Crippen LogP contribution < -0.4 is 10.6 Å². The minimum atomic E-state index is 0.619. The molecule has 1 aromatic heterocycles. The smallest absolute Gasteiger partial charge is 0.171 e. The van der Waals surface area contributed by atoms with Crippen molar-refractivity contribution < 1.29 is 0 Å². The van der Waals surface area contributed by atoms with Crippen molar-refractivity contribution in [2.45, 2.75) is 20.4 Å². The van der Waals surface area contributed by atoms with E-state index in [1.807, 2.05) is 37.0 Å². The number of rotatable bonds is 3. The van der Waals surface area contributed by atoms with Crippen LogP contribution in [0.4, 0.5) is 5.69 Å². The Kier molecular flexibility index (Phi) is 4.16. The van der Waals surface area contributed by atoms with Crippen LogP contribution in [0.2, 0.25) is 0 Å². The molecule has 2 N–H and O–H groups in total. The van der Waals surface area contributed by atoms with Crippen LogP contribution in [0.3, 0.4) is 0 Å². The molecule has 0 atom stereocenters. The quantitative estimate of drug-likeness (QED) is 0.844. The monoisotopic (exact) mass is 274 g/mol. The highest BCUT2D eigenvalue weighted by Gasteiger charge is 2.04. The summed E-state index contributed by atoms with van der Waals surface area (Å²) >= 11 is 5.28. The zero-order chi connectivity index (χ0) is 13.8. The number of thiocarbonyl (C=S) groups is 1. The third-order valence-electron chi connectivity index (χ3n) is 3.05. The van der Waals surface area contributed by atoms with E-state index in [4.69, 9.17) is 12.2 Å². The van der Waals surface area contributed by atoms with E-state index in [9.17, 15) is 0 Å². The Labute approximate surface area is 118 Å². The van der Waals surface area contributed by atoms with Crippen molar-refractivity contribution in [3.63, 3.8) is 0 Å². The summed E-state index contributed by atoms with van der Waals surface area (Å²) in [6.07, 6.45) is 1.86. The van der Waals surface area contributed by atoms with Gasteiger partial charge in [-0.15, -0.1) is 0 Å². The van der Waals surface area contributed by atoms with Gasteiger partial charge in [-0.2, -0.15) is 5.10 Å². The molecule has 0 radical (unpaired) electrons. The third-order valence-corrected chi connectivity index (χ3v) is 3.30. The third kappa shape index (κ3) is 3.54. The highest BCUT2D eigenvalue weighted by molar-refractivity contribution is 7.80. The van der Waals surface area contributed by atoms with E-state index in [2.05, 4.69) is 34.8 Å². The highest BCUT2D eigenvalue weighted by atomic mass is 32.1. The number of hydrogen-bond donors (Lipinski definition) is 2. The molecule has 100 valence electrons. The fraction of sp³-hybridized carbons (Fsp3) is 0.286. The first kappa shape index (κ1) is 13.5. The molecule has 1 heterocycles. The molecule has 0 aliphatic rings. The van der Waals surface area contributed by atoms with Gasteiger partial charge >= 0.3 is 0 Å². The Morgan fingerprint density at radius 2 is 2.16 bits per heavy atom. The largest absolute Gasteiger partial charge is 0.358 e. The van der Waals surface area contributed by atoms with Crippen molar-refractivity contribution in [3.05, 3.63) is 47.3 Å². The first-order valence-electron chi connectivity index (χ1n) is 6.15. The second-order valence-corrected chi connectivity index (χ2v) is 4.96. The van der Waals surface area contributed by atoms with Crippen LogP contribution in [0.25, 0.3) is 0 Å². The fourth-order valence-corrected chi connectivity index (χ4v) is 1.98. The summed E-state index contributed by atoms with van der Waals surface area (Å²) < 4.78 is 1.86. The number of nitrogens with zero attached hydrogens (tertiary/aromatic N) is 2. The maximum absolute atomic E-state index is 5.28. The van der Waals surface area contributed by atoms with E-state index in [-0.39, 0.29) is 0 Å². The molecule has 19 heavy (non-hydrogen) atoms. The average molecular weight is 274 g/mol. The second kappa shape index (κ2) is 5.84. The molecule has 0 aliphatic heterocycles. The number of hydrogen-bond acceptors (Lipinski definition) is 2. The van der Waals surface area contributed by atoms with Gasteiger partial charge in [-0.05, 0) is 43.8 Å². The molecule has 0 saturated carbocycles. The maximum Gasteiger partial charge on any atom is 0.171 e. The Balaban J connectivity index is 1.90. The number of nitrogens with one attached hydrogen (secondary N) is 2. The summed E-state index contributed by atoms with van der Waals surface area (Å²) in [5.41, 5.74) is 4.50. The van der Waals surface area contributed by atoms with Gasteiger partial charge in [0.05, 0.1) is 6.20 Å². The lowest BCUT2D eigenvalue weighted by atomic mass is 10.2. The Morgan fingerprint density at radius 3 is 2.79 bits per heavy atom. The summed E-state index contributed by atoms with van der Waals surface area (Å²) in [5.74, 6) is 0. The minimum absolute atomic E-state index is 0.619. The number of anilines is 1. The summed E-state index contributed by atoms with van der Waals surface area (Å²) in [6.45, 7) is 4.78. The van der Waals surface area contributed by atoms with Crippen molar-refractivity contribution in [2.24, 2.45) is 7.05 Å². The molecule has 0 spiro atoms. The first-order valence-corrected chi connectivity index (χ1v) is 6.56. The van der Waals surface area contributed by atoms with Gasteiger partial charge in [-0.25, -0.2) is 0 Å². The van der Waals surface area contributed by atoms with Gasteiger partial charge < -0.3 is 10.6 Å². The lowest BCUT2D eigenvalue weighted by Crippen LogP contribution is -2.28. The molecule has 0 unspecified atom stereocenters. The van der Waals surface area contributed by atoms with Crippen molar-refractivity contribution in [1.29, 1.82) is 0 Å². The van der Waals surface area contributed by atoms with Crippen LogP contribution in [0.1, 0.15) is 16.8 Å². The molecule has 0 fully saturated rings. The van der Waals surface area contributed by atoms with Crippen LogP contribution in [0.15, 0.2) is 30.5 Å². The molecular weight excluding hydrogens is 256 g/mol. The van der Waals surface area contributed by atoms with E-state index in [0.717, 1.165) is 16.9 Å². The molecule has 5 heteroatoms. The number of aryl methyl sites for hydroxylation is 2. The summed E-state index contributed by atoms with van der Waals surface area (Å²) in [6, 6.07) is 8.12. The average Bonchev–Trinajstić information content (AvgIpc) is 2.68. The van der Waals surface area contributed by atoms with Gasteiger partial charge in [-0.1, -0.05) is 12.1 Å².